The van der Waals surface area contributed by atoms with Crippen LogP contribution >= 0.6 is 10.3 Å². The molecule has 40 valence electrons. The number of carbonyl (C=O) groups is 1. The van der Waals surface area contributed by atoms with Crippen LogP contribution in [-0.2, 0) is 8.98 Å². The van der Waals surface area contributed by atoms with Gasteiger partial charge in [0, 0.05) is 0 Å². The van der Waals surface area contributed by atoms with E-state index >= 15 is 0 Å². The number of carbonyl (C=O) groups excluding carboxylic acids is 1. The predicted molar refractivity (Wildman–Crippen MR) is 28.3 cm³/mol. The largest absolute Gasteiger partial charge is 0.322 e. The maximum atomic E-state index is 10.3. The molecule has 1 spiro atoms. The maximum Gasteiger partial charge on any atom is 0.153 e. The summed E-state index contributed by atoms with van der Waals surface area (Å²) in [5, 5.41) is 0. The molecule has 2 fully saturated rings. The van der Waals surface area contributed by atoms with Crippen molar-refractivity contribution in [2.24, 2.45) is 0 Å². The zero-order valence-electron chi connectivity index (χ0n) is 3.85. The first-order valence-corrected chi connectivity index (χ1v) is 4.30. The van der Waals surface area contributed by atoms with Crippen LogP contribution in [0.2, 0.25) is 0 Å². The SMILES string of the molecule is O=C1CS2(CO2)C1. The molecular formula is C4H6O2S. The maximum absolute atomic E-state index is 10.3. The van der Waals surface area contributed by atoms with Gasteiger partial charge >= 0.3 is 0 Å². The van der Waals surface area contributed by atoms with Crippen molar-refractivity contribution in [3.63, 3.8) is 0 Å². The Morgan fingerprint density at radius 1 is 1.57 bits per heavy atom. The first-order chi connectivity index (χ1) is 3.31. The zero-order chi connectivity index (χ0) is 4.91. The second-order valence-electron chi connectivity index (χ2n) is 2.03. The number of ketones is 1. The Balaban J connectivity index is 2.09. The molecule has 2 rings (SSSR count). The molecule has 2 aliphatic rings. The van der Waals surface area contributed by atoms with Gasteiger partial charge in [0.2, 0.25) is 0 Å². The van der Waals surface area contributed by atoms with Crippen molar-refractivity contribution in [1.82, 2.24) is 0 Å². The van der Waals surface area contributed by atoms with Gasteiger partial charge in [-0.15, -0.1) is 0 Å². The molecule has 0 aromatic carbocycles. The zero-order valence-corrected chi connectivity index (χ0v) is 4.66. The fourth-order valence-electron chi connectivity index (χ4n) is 0.779. The molecule has 3 heteroatoms. The highest BCUT2D eigenvalue weighted by atomic mass is 32.3. The third-order valence-corrected chi connectivity index (χ3v) is 3.90. The van der Waals surface area contributed by atoms with Gasteiger partial charge < -0.3 is 4.18 Å². The molecule has 2 aliphatic heterocycles. The second kappa shape index (κ2) is 0.880. The molecule has 0 aromatic rings. The summed E-state index contributed by atoms with van der Waals surface area (Å²) in [5.41, 5.74) is 0. The van der Waals surface area contributed by atoms with Gasteiger partial charge in [0.25, 0.3) is 0 Å². The number of hydrogen-bond donors (Lipinski definition) is 0. The summed E-state index contributed by atoms with van der Waals surface area (Å²) in [6, 6.07) is 0. The van der Waals surface area contributed by atoms with Crippen molar-refractivity contribution >= 4 is 16.1 Å². The molecule has 0 radical (unpaired) electrons. The predicted octanol–water partition coefficient (Wildman–Crippen LogP) is 0.276. The molecular weight excluding hydrogens is 112 g/mol. The summed E-state index contributed by atoms with van der Waals surface area (Å²) < 4.78 is 5.06. The third kappa shape index (κ3) is 0.422. The number of hydrogen-bond acceptors (Lipinski definition) is 2. The van der Waals surface area contributed by atoms with E-state index in [2.05, 4.69) is 0 Å². The molecule has 7 heavy (non-hydrogen) atoms. The highest BCUT2D eigenvalue weighted by Gasteiger charge is 2.50. The molecule has 0 N–H and O–H groups in total. The summed E-state index contributed by atoms with van der Waals surface area (Å²) in [6.07, 6.45) is 0. The third-order valence-electron chi connectivity index (χ3n) is 1.30. The molecule has 0 atom stereocenters. The van der Waals surface area contributed by atoms with Gasteiger partial charge in [-0.05, 0) is 0 Å². The lowest BCUT2D eigenvalue weighted by atomic mass is 10.5. The van der Waals surface area contributed by atoms with Crippen molar-refractivity contribution in [3.05, 3.63) is 0 Å². The molecule has 0 aliphatic carbocycles. The lowest BCUT2D eigenvalue weighted by molar-refractivity contribution is -0.115. The van der Waals surface area contributed by atoms with Crippen LogP contribution in [0.1, 0.15) is 0 Å². The van der Waals surface area contributed by atoms with Gasteiger partial charge in [-0.3, -0.25) is 4.79 Å². The van der Waals surface area contributed by atoms with E-state index in [4.69, 9.17) is 4.18 Å². The molecule has 2 nitrogen and oxygen atoms in total. The smallest absolute Gasteiger partial charge is 0.153 e. The number of rotatable bonds is 0. The minimum absolute atomic E-state index is 0.396. The normalized spacial score (nSPS) is 37.4. The van der Waals surface area contributed by atoms with E-state index in [1.54, 1.807) is 0 Å². The first kappa shape index (κ1) is 3.92. The quantitative estimate of drug-likeness (QED) is 0.427. The second-order valence-corrected chi connectivity index (χ2v) is 5.01. The summed E-state index contributed by atoms with van der Waals surface area (Å²) in [6.45, 7) is 0. The van der Waals surface area contributed by atoms with Crippen molar-refractivity contribution in [1.29, 1.82) is 0 Å². The van der Waals surface area contributed by atoms with Crippen molar-refractivity contribution in [2.45, 2.75) is 0 Å². The molecule has 0 aromatic heterocycles. The van der Waals surface area contributed by atoms with Gasteiger partial charge in [0.15, 0.2) is 5.78 Å². The summed E-state index contributed by atoms with van der Waals surface area (Å²) >= 11 is 0. The Labute approximate surface area is 43.4 Å². The van der Waals surface area contributed by atoms with E-state index in [9.17, 15) is 4.79 Å². The number of Topliss-reactive ketones (excluding diaryl/α,β-unsaturated/α-hetero) is 1. The van der Waals surface area contributed by atoms with E-state index in [0.29, 0.717) is 5.78 Å². The van der Waals surface area contributed by atoms with E-state index < -0.39 is 10.3 Å². The molecule has 0 unspecified atom stereocenters. The van der Waals surface area contributed by atoms with Crippen molar-refractivity contribution < 1.29 is 8.98 Å². The lowest BCUT2D eigenvalue weighted by Crippen LogP contribution is -2.25. The highest BCUT2D eigenvalue weighted by molar-refractivity contribution is 8.36. The van der Waals surface area contributed by atoms with E-state index in [1.165, 1.54) is 0 Å². The Morgan fingerprint density at radius 2 is 2.14 bits per heavy atom. The molecule has 0 bridgehead atoms. The standard InChI is InChI=1S/C4H6O2S/c5-4-1-7(2-4)3-6-7/h1-3H2. The minimum atomic E-state index is -0.630. The fourth-order valence-corrected chi connectivity index (χ4v) is 2.75. The van der Waals surface area contributed by atoms with Crippen LogP contribution in [0.5, 0.6) is 0 Å². The fraction of sp³-hybridized carbons (Fsp3) is 0.750. The Bertz CT molecular complexity index is 118. The first-order valence-electron chi connectivity index (χ1n) is 2.23. The van der Waals surface area contributed by atoms with Gasteiger partial charge in [-0.25, -0.2) is 0 Å². The monoisotopic (exact) mass is 118 g/mol. The van der Waals surface area contributed by atoms with E-state index in [0.717, 1.165) is 17.4 Å². The summed E-state index contributed by atoms with van der Waals surface area (Å²) in [4.78, 5) is 10.3. The average molecular weight is 118 g/mol. The van der Waals surface area contributed by atoms with Crippen LogP contribution in [0.25, 0.3) is 0 Å². The van der Waals surface area contributed by atoms with Crippen LogP contribution in [0.15, 0.2) is 0 Å². The van der Waals surface area contributed by atoms with Gasteiger partial charge in [0.05, 0.1) is 11.5 Å². The van der Waals surface area contributed by atoms with E-state index in [1.807, 2.05) is 0 Å². The Hall–Kier alpha value is -0.0200. The van der Waals surface area contributed by atoms with E-state index in [-0.39, 0.29) is 0 Å². The van der Waals surface area contributed by atoms with Crippen molar-refractivity contribution in [3.8, 4) is 0 Å². The van der Waals surface area contributed by atoms with Crippen molar-refractivity contribution in [2.75, 3.05) is 17.4 Å². The van der Waals surface area contributed by atoms with Gasteiger partial charge in [-0.1, -0.05) is 10.3 Å². The highest BCUT2D eigenvalue weighted by Crippen LogP contribution is 2.68. The van der Waals surface area contributed by atoms with Crippen LogP contribution in [-0.4, -0.2) is 23.2 Å². The Morgan fingerprint density at radius 3 is 2.29 bits per heavy atom. The van der Waals surface area contributed by atoms with Gasteiger partial charge in [-0.2, -0.15) is 0 Å². The average Bonchev–Trinajstić information content (AvgIpc) is 2.14. The van der Waals surface area contributed by atoms with Crippen LogP contribution in [0, 0.1) is 0 Å². The summed E-state index contributed by atoms with van der Waals surface area (Å²) in [5.74, 6) is 2.85. The van der Waals surface area contributed by atoms with Gasteiger partial charge in [0.1, 0.15) is 5.94 Å². The molecule has 0 saturated carbocycles. The van der Waals surface area contributed by atoms with Crippen LogP contribution in [0.4, 0.5) is 0 Å². The Kier molecular flexibility index (Phi) is 0.493. The summed E-state index contributed by atoms with van der Waals surface area (Å²) in [7, 11) is -0.630. The minimum Gasteiger partial charge on any atom is -0.322 e. The topological polar surface area (TPSA) is 29.6 Å². The molecule has 0 amide bonds. The molecule has 2 saturated heterocycles. The lowest BCUT2D eigenvalue weighted by Gasteiger charge is -2.23. The molecule has 2 heterocycles. The van der Waals surface area contributed by atoms with Crippen LogP contribution < -0.4 is 0 Å². The van der Waals surface area contributed by atoms with Crippen LogP contribution in [0.3, 0.4) is 0 Å².